The van der Waals surface area contributed by atoms with Crippen molar-refractivity contribution in [2.24, 2.45) is 17.3 Å². The molecule has 37 heavy (non-hydrogen) atoms. The molecule has 3 fully saturated rings. The van der Waals surface area contributed by atoms with E-state index in [0.29, 0.717) is 35.9 Å². The number of rotatable bonds is 8. The molecule has 210 valence electrons. The maximum absolute atomic E-state index is 14.1. The second-order valence-corrected chi connectivity index (χ2v) is 13.9. The monoisotopic (exact) mass is 537 g/mol. The molecule has 7 nitrogen and oxygen atoms in total. The molecule has 4 atom stereocenters. The van der Waals surface area contributed by atoms with Gasteiger partial charge in [0.1, 0.15) is 0 Å². The van der Waals surface area contributed by atoms with Gasteiger partial charge in [0.15, 0.2) is 6.29 Å². The number of ether oxygens (including phenoxy) is 2. The van der Waals surface area contributed by atoms with Crippen molar-refractivity contribution in [2.45, 2.75) is 123 Å². The fourth-order valence-corrected chi connectivity index (χ4v) is 7.11. The highest BCUT2D eigenvalue weighted by molar-refractivity contribution is 7.12. The zero-order valence-corrected chi connectivity index (χ0v) is 23.8. The topological polar surface area (TPSA) is 99.5 Å². The van der Waals surface area contributed by atoms with E-state index in [1.54, 1.807) is 0 Å². The number of nitrogens with zero attached hydrogens (tertiary/aromatic N) is 1. The number of aryl methyl sites for hydroxylation is 1. The van der Waals surface area contributed by atoms with Gasteiger partial charge in [-0.1, -0.05) is 27.7 Å². The van der Waals surface area contributed by atoms with Crippen LogP contribution in [0, 0.1) is 17.3 Å². The fraction of sp³-hybridized carbons (Fsp3) is 0.828. The predicted molar refractivity (Wildman–Crippen MR) is 146 cm³/mol. The van der Waals surface area contributed by atoms with Gasteiger partial charge in [-0.3, -0.25) is 4.79 Å². The molecular formula is C29H47NO6S. The molecule has 0 aromatic carbocycles. The van der Waals surface area contributed by atoms with Gasteiger partial charge in [-0.2, -0.15) is 0 Å². The number of aliphatic hydroxyl groups excluding tert-OH is 2. The molecule has 3 N–H and O–H groups in total. The minimum atomic E-state index is -1.64. The van der Waals surface area contributed by atoms with Gasteiger partial charge in [0.05, 0.1) is 41.4 Å². The lowest BCUT2D eigenvalue weighted by atomic mass is 9.79. The van der Waals surface area contributed by atoms with Crippen LogP contribution in [-0.2, 0) is 20.7 Å². The Morgan fingerprint density at radius 1 is 1.14 bits per heavy atom. The minimum absolute atomic E-state index is 0.0544. The largest absolute Gasteiger partial charge is 0.392 e. The van der Waals surface area contributed by atoms with Crippen molar-refractivity contribution in [1.82, 2.24) is 0 Å². The van der Waals surface area contributed by atoms with Crippen LogP contribution < -0.4 is 4.90 Å². The van der Waals surface area contributed by atoms with E-state index >= 15 is 0 Å². The molecule has 0 bridgehead atoms. The number of hydrogen-bond acceptors (Lipinski definition) is 7. The van der Waals surface area contributed by atoms with Crippen LogP contribution in [-0.4, -0.2) is 58.8 Å². The highest BCUT2D eigenvalue weighted by Gasteiger charge is 2.41. The molecule has 1 aliphatic heterocycles. The third-order valence-corrected chi connectivity index (χ3v) is 9.55. The maximum Gasteiger partial charge on any atom is 0.233 e. The Morgan fingerprint density at radius 3 is 2.46 bits per heavy atom. The first kappa shape index (κ1) is 29.0. The van der Waals surface area contributed by atoms with Crippen molar-refractivity contribution >= 4 is 22.9 Å². The summed E-state index contributed by atoms with van der Waals surface area (Å²) in [6.07, 6.45) is 6.24. The second kappa shape index (κ2) is 12.4. The van der Waals surface area contributed by atoms with Crippen LogP contribution in [0.4, 0.5) is 5.69 Å². The van der Waals surface area contributed by atoms with Crippen LogP contribution in [0.3, 0.4) is 0 Å². The summed E-state index contributed by atoms with van der Waals surface area (Å²) in [5.41, 5.74) is 0.775. The quantitative estimate of drug-likeness (QED) is 0.406. The third kappa shape index (κ3) is 7.55. The summed E-state index contributed by atoms with van der Waals surface area (Å²) in [5, 5.41) is 31.5. The van der Waals surface area contributed by atoms with Crippen LogP contribution in [0.5, 0.6) is 0 Å². The summed E-state index contributed by atoms with van der Waals surface area (Å²) in [5.74, 6) is -0.128. The molecule has 1 aromatic rings. The highest BCUT2D eigenvalue weighted by atomic mass is 32.1. The van der Waals surface area contributed by atoms with E-state index in [9.17, 15) is 20.1 Å². The standard InChI is InChI=1S/C29H47NO6S/c1-18-5-10-23(25(31)15-18)27(32)30(19-6-8-20(9-7-19)36-21-12-14-35-17-21)24-16-22(11-13-29(2,3)4)37-26(24)28(33)34/h16,18-21,23,25,28,31,33-34H,5-15,17H2,1-4H3/t18-,19?,20?,21+,23-,25+/m1/s1. The van der Waals surface area contributed by atoms with E-state index in [1.165, 1.54) is 11.3 Å². The lowest BCUT2D eigenvalue weighted by Gasteiger charge is -2.41. The van der Waals surface area contributed by atoms with Gasteiger partial charge < -0.3 is 29.7 Å². The Labute approximate surface area is 226 Å². The Morgan fingerprint density at radius 2 is 1.86 bits per heavy atom. The first-order valence-corrected chi connectivity index (χ1v) is 15.1. The molecular weight excluding hydrogens is 490 g/mol. The summed E-state index contributed by atoms with van der Waals surface area (Å²) in [6.45, 7) is 10.1. The van der Waals surface area contributed by atoms with Gasteiger partial charge in [-0.25, -0.2) is 0 Å². The first-order valence-electron chi connectivity index (χ1n) is 14.2. The number of amides is 1. The fourth-order valence-electron chi connectivity index (χ4n) is 6.09. The van der Waals surface area contributed by atoms with Crippen molar-refractivity contribution in [3.63, 3.8) is 0 Å². The smallest absolute Gasteiger partial charge is 0.233 e. The normalized spacial score (nSPS) is 31.1. The van der Waals surface area contributed by atoms with E-state index < -0.39 is 18.3 Å². The Bertz CT molecular complexity index is 881. The molecule has 1 amide bonds. The van der Waals surface area contributed by atoms with Gasteiger partial charge >= 0.3 is 0 Å². The molecule has 0 spiro atoms. The van der Waals surface area contributed by atoms with Crippen molar-refractivity contribution in [2.75, 3.05) is 18.1 Å². The summed E-state index contributed by atoms with van der Waals surface area (Å²) >= 11 is 1.39. The number of thiophene rings is 1. The van der Waals surface area contributed by atoms with Gasteiger partial charge in [0.2, 0.25) is 5.91 Å². The highest BCUT2D eigenvalue weighted by Crippen LogP contribution is 2.42. The van der Waals surface area contributed by atoms with Crippen LogP contribution in [0.1, 0.15) is 102 Å². The van der Waals surface area contributed by atoms with Crippen molar-refractivity contribution < 1.29 is 29.6 Å². The summed E-state index contributed by atoms with van der Waals surface area (Å²) in [7, 11) is 0. The van der Waals surface area contributed by atoms with Crippen LogP contribution in [0.25, 0.3) is 0 Å². The average Bonchev–Trinajstić information content (AvgIpc) is 3.49. The zero-order valence-electron chi connectivity index (χ0n) is 23.0. The Hall–Kier alpha value is -1.03. The number of aliphatic hydroxyl groups is 3. The molecule has 2 aliphatic carbocycles. The van der Waals surface area contributed by atoms with E-state index in [1.807, 2.05) is 11.0 Å². The van der Waals surface area contributed by atoms with Crippen molar-refractivity contribution in [3.05, 3.63) is 15.8 Å². The second-order valence-electron chi connectivity index (χ2n) is 12.7. The number of carbonyl (C=O) groups excluding carboxylic acids is 1. The molecule has 2 saturated carbocycles. The molecule has 8 heteroatoms. The third-order valence-electron chi connectivity index (χ3n) is 8.32. The first-order chi connectivity index (χ1) is 17.5. The zero-order chi connectivity index (χ0) is 26.7. The van der Waals surface area contributed by atoms with E-state index in [0.717, 1.165) is 62.9 Å². The molecule has 3 aliphatic rings. The Balaban J connectivity index is 1.58. The lowest BCUT2D eigenvalue weighted by molar-refractivity contribution is -0.129. The predicted octanol–water partition coefficient (Wildman–Crippen LogP) is 4.96. The minimum Gasteiger partial charge on any atom is -0.392 e. The number of hydrogen-bond donors (Lipinski definition) is 3. The molecule has 1 saturated heterocycles. The van der Waals surface area contributed by atoms with Gasteiger partial charge in [-0.15, -0.1) is 11.3 Å². The molecule has 2 heterocycles. The van der Waals surface area contributed by atoms with E-state index in [4.69, 9.17) is 9.47 Å². The number of anilines is 1. The van der Waals surface area contributed by atoms with E-state index in [2.05, 4.69) is 27.7 Å². The van der Waals surface area contributed by atoms with Crippen LogP contribution in [0.15, 0.2) is 6.07 Å². The number of carbonyl (C=O) groups is 1. The van der Waals surface area contributed by atoms with Crippen LogP contribution >= 0.6 is 11.3 Å². The van der Waals surface area contributed by atoms with Crippen molar-refractivity contribution in [1.29, 1.82) is 0 Å². The summed E-state index contributed by atoms with van der Waals surface area (Å²) < 4.78 is 11.7. The molecule has 0 unspecified atom stereocenters. The van der Waals surface area contributed by atoms with Gasteiger partial charge in [0.25, 0.3) is 0 Å². The summed E-state index contributed by atoms with van der Waals surface area (Å²) in [6, 6.07) is 1.95. The summed E-state index contributed by atoms with van der Waals surface area (Å²) in [4.78, 5) is 17.5. The maximum atomic E-state index is 14.1. The van der Waals surface area contributed by atoms with Crippen LogP contribution in [0.2, 0.25) is 0 Å². The van der Waals surface area contributed by atoms with E-state index in [-0.39, 0.29) is 29.6 Å². The molecule has 0 radical (unpaired) electrons. The lowest BCUT2D eigenvalue weighted by Crippen LogP contribution is -2.50. The average molecular weight is 538 g/mol. The SMILES string of the molecule is C[C@@H]1CC[C@@H](C(=O)N(c2cc(CCC(C)(C)C)sc2C(O)O)C2CCC(O[C@H]3CCOC3)CC2)[C@@H](O)C1. The molecule has 1 aromatic heterocycles. The van der Waals surface area contributed by atoms with Crippen molar-refractivity contribution in [3.8, 4) is 0 Å². The Kier molecular flexibility index (Phi) is 9.73. The van der Waals surface area contributed by atoms with Gasteiger partial charge in [-0.05, 0) is 81.6 Å². The molecule has 4 rings (SSSR count). The van der Waals surface area contributed by atoms with Gasteiger partial charge in [0, 0.05) is 17.5 Å².